The minimum Gasteiger partial charge on any atom is -0.482 e. The van der Waals surface area contributed by atoms with Crippen molar-refractivity contribution < 1.29 is 50.2 Å². The zero-order valence-corrected chi connectivity index (χ0v) is 22.4. The molecule has 0 saturated carbocycles. The number of carbonyl (C=O) groups is 1. The highest BCUT2D eigenvalue weighted by Gasteiger charge is 2.33. The fourth-order valence-electron chi connectivity index (χ4n) is 4.63. The molecule has 0 unspecified atom stereocenters. The molecule has 14 heteroatoms. The molecule has 8 nitrogen and oxygen atoms in total. The summed E-state index contributed by atoms with van der Waals surface area (Å²) in [5, 5.41) is 13.5. The minimum absolute atomic E-state index is 0.244. The quantitative estimate of drug-likeness (QED) is 0.182. The first-order valence-corrected chi connectivity index (χ1v) is 12.5. The van der Waals surface area contributed by atoms with E-state index in [2.05, 4.69) is 10.1 Å². The number of nitrogens with zero attached hydrogens (tertiary/aromatic N) is 3. The highest BCUT2D eigenvalue weighted by Crippen LogP contribution is 2.42. The second-order valence-corrected chi connectivity index (χ2v) is 9.50. The van der Waals surface area contributed by atoms with Gasteiger partial charge in [-0.15, -0.1) is 0 Å². The van der Waals surface area contributed by atoms with Gasteiger partial charge in [-0.25, -0.2) is 4.79 Å². The van der Waals surface area contributed by atoms with Crippen molar-refractivity contribution in [2.75, 3.05) is 13.2 Å². The van der Waals surface area contributed by atoms with Crippen LogP contribution in [0.1, 0.15) is 21.8 Å². The summed E-state index contributed by atoms with van der Waals surface area (Å²) in [7, 11) is 0. The first-order valence-electron chi connectivity index (χ1n) is 12.5. The summed E-state index contributed by atoms with van der Waals surface area (Å²) < 4.78 is 96.1. The Hall–Kier alpha value is -5.01. The molecule has 0 bridgehead atoms. The van der Waals surface area contributed by atoms with Gasteiger partial charge in [0.2, 0.25) is 0 Å². The smallest absolute Gasteiger partial charge is 0.422 e. The van der Waals surface area contributed by atoms with Crippen molar-refractivity contribution >= 4 is 17.0 Å². The lowest BCUT2D eigenvalue weighted by Gasteiger charge is -2.20. The van der Waals surface area contributed by atoms with E-state index in [9.17, 15) is 36.2 Å². The maximum Gasteiger partial charge on any atom is 0.422 e. The van der Waals surface area contributed by atoms with Crippen LogP contribution in [0.25, 0.3) is 39.0 Å². The Kier molecular flexibility index (Phi) is 7.54. The molecule has 5 aromatic rings. The zero-order chi connectivity index (χ0) is 31.1. The summed E-state index contributed by atoms with van der Waals surface area (Å²) in [6, 6.07) is 12.0. The van der Waals surface area contributed by atoms with Crippen molar-refractivity contribution in [1.82, 2.24) is 14.7 Å². The predicted octanol–water partition coefficient (Wildman–Crippen LogP) is 7.54. The Morgan fingerprint density at radius 3 is 2.05 bits per heavy atom. The molecular weight excluding hydrogens is 584 g/mol. The number of aromatic carboxylic acids is 1. The van der Waals surface area contributed by atoms with Crippen molar-refractivity contribution in [3.63, 3.8) is 0 Å². The van der Waals surface area contributed by atoms with Crippen molar-refractivity contribution in [3.05, 3.63) is 77.9 Å². The van der Waals surface area contributed by atoms with E-state index in [0.29, 0.717) is 39.2 Å². The van der Waals surface area contributed by atoms with Crippen molar-refractivity contribution in [2.45, 2.75) is 26.2 Å². The summed E-state index contributed by atoms with van der Waals surface area (Å²) >= 11 is 0. The number of pyridine rings is 1. The van der Waals surface area contributed by atoms with Gasteiger partial charge >= 0.3 is 18.3 Å². The van der Waals surface area contributed by atoms with Crippen LogP contribution < -0.4 is 9.47 Å². The largest absolute Gasteiger partial charge is 0.482 e. The molecule has 0 aliphatic rings. The summed E-state index contributed by atoms with van der Waals surface area (Å²) in [5.41, 5.74) is 2.28. The predicted molar refractivity (Wildman–Crippen MR) is 142 cm³/mol. The van der Waals surface area contributed by atoms with Gasteiger partial charge in [-0.1, -0.05) is 35.5 Å². The third-order valence-electron chi connectivity index (χ3n) is 6.36. The average molecular weight is 605 g/mol. The second-order valence-electron chi connectivity index (χ2n) is 9.50. The molecule has 0 saturated heterocycles. The van der Waals surface area contributed by atoms with E-state index in [4.69, 9.17) is 14.0 Å². The summed E-state index contributed by atoms with van der Waals surface area (Å²) in [5.74, 6) is -2.51. The van der Waals surface area contributed by atoms with Gasteiger partial charge < -0.3 is 23.7 Å². The van der Waals surface area contributed by atoms with Gasteiger partial charge in [-0.3, -0.25) is 4.98 Å². The zero-order valence-electron chi connectivity index (χ0n) is 22.4. The van der Waals surface area contributed by atoms with Gasteiger partial charge in [0.05, 0.1) is 22.3 Å². The average Bonchev–Trinajstić information content (AvgIpc) is 3.48. The maximum absolute atomic E-state index is 13.3. The molecule has 3 heterocycles. The van der Waals surface area contributed by atoms with Crippen LogP contribution in [0.15, 0.2) is 65.4 Å². The van der Waals surface area contributed by atoms with Crippen LogP contribution in [-0.2, 0) is 0 Å². The van der Waals surface area contributed by atoms with E-state index in [1.807, 2.05) is 0 Å². The normalized spacial score (nSPS) is 12.1. The molecule has 0 aliphatic heterocycles. The molecule has 3 aromatic heterocycles. The second kappa shape index (κ2) is 11.0. The Balaban J connectivity index is 1.84. The number of aryl methyl sites for hydroxylation is 2. The Bertz CT molecular complexity index is 1750. The number of halogens is 6. The number of carboxylic acids is 1. The Morgan fingerprint density at radius 2 is 1.53 bits per heavy atom. The number of benzene rings is 2. The van der Waals surface area contributed by atoms with Gasteiger partial charge in [0.25, 0.3) is 0 Å². The number of aromatic nitrogens is 3. The van der Waals surface area contributed by atoms with Crippen LogP contribution in [0.5, 0.6) is 11.5 Å². The van der Waals surface area contributed by atoms with Gasteiger partial charge in [0, 0.05) is 29.1 Å². The number of ether oxygens (including phenoxy) is 2. The molecule has 0 radical (unpaired) electrons. The minimum atomic E-state index is -4.85. The van der Waals surface area contributed by atoms with Crippen LogP contribution in [-0.4, -0.2) is 51.3 Å². The van der Waals surface area contributed by atoms with E-state index >= 15 is 0 Å². The topological polar surface area (TPSA) is 99.6 Å². The summed E-state index contributed by atoms with van der Waals surface area (Å²) in [6.45, 7) is -0.337. The van der Waals surface area contributed by atoms with Crippen molar-refractivity contribution in [1.29, 1.82) is 0 Å². The number of hydrogen-bond donors (Lipinski definition) is 1. The van der Waals surface area contributed by atoms with Gasteiger partial charge in [-0.2, -0.15) is 26.3 Å². The molecule has 5 rings (SSSR count). The molecule has 0 fully saturated rings. The molecule has 1 N–H and O–H groups in total. The van der Waals surface area contributed by atoms with Crippen LogP contribution in [0.4, 0.5) is 26.3 Å². The van der Waals surface area contributed by atoms with Crippen LogP contribution in [0, 0.1) is 13.8 Å². The summed E-state index contributed by atoms with van der Waals surface area (Å²) in [6.07, 6.45) is -6.70. The number of alkyl halides is 6. The van der Waals surface area contributed by atoms with Crippen molar-refractivity contribution in [3.8, 4) is 39.4 Å². The highest BCUT2D eigenvalue weighted by molar-refractivity contribution is 5.97. The maximum atomic E-state index is 13.3. The number of rotatable bonds is 8. The van der Waals surface area contributed by atoms with E-state index in [-0.39, 0.29) is 11.2 Å². The fourth-order valence-corrected chi connectivity index (χ4v) is 4.63. The fraction of sp³-hybridized carbons (Fsp3) is 0.207. The van der Waals surface area contributed by atoms with Gasteiger partial charge in [0.1, 0.15) is 22.9 Å². The molecule has 0 spiro atoms. The number of fused-ring (bicyclic) bond motifs is 1. The molecule has 43 heavy (non-hydrogen) atoms. The summed E-state index contributed by atoms with van der Waals surface area (Å²) in [4.78, 5) is 16.4. The lowest BCUT2D eigenvalue weighted by molar-refractivity contribution is -0.153. The lowest BCUT2D eigenvalue weighted by atomic mass is 10.0. The third-order valence-corrected chi connectivity index (χ3v) is 6.36. The Labute approximate surface area is 239 Å². The molecule has 0 aliphatic carbocycles. The number of hydrogen-bond acceptors (Lipinski definition) is 6. The lowest BCUT2D eigenvalue weighted by Crippen LogP contribution is -2.22. The first kappa shape index (κ1) is 29.5. The van der Waals surface area contributed by atoms with Crippen LogP contribution in [0.3, 0.4) is 0 Å². The SMILES string of the molecule is Cc1noc(C)c1-c1cnc2c(-c3ccccc3)cn(-c3c(OCC(F)(F)F)cc(C(=O)O)cc3OCC(F)(F)F)c2c1. The molecular formula is C29H21F6N3O5. The number of carboxylic acid groups (broad SMARTS) is 1. The van der Waals surface area contributed by atoms with Gasteiger partial charge in [-0.05, 0) is 37.6 Å². The first-order chi connectivity index (χ1) is 20.2. The third kappa shape index (κ3) is 6.27. The van der Waals surface area contributed by atoms with E-state index < -0.39 is 48.6 Å². The molecule has 224 valence electrons. The molecule has 2 aromatic carbocycles. The van der Waals surface area contributed by atoms with Gasteiger partial charge in [0.15, 0.2) is 13.2 Å². The Morgan fingerprint density at radius 1 is 0.930 bits per heavy atom. The monoisotopic (exact) mass is 605 g/mol. The highest BCUT2D eigenvalue weighted by atomic mass is 19.4. The van der Waals surface area contributed by atoms with Crippen LogP contribution in [0.2, 0.25) is 0 Å². The molecule has 0 atom stereocenters. The van der Waals surface area contributed by atoms with E-state index in [0.717, 1.165) is 12.1 Å². The van der Waals surface area contributed by atoms with E-state index in [1.165, 1.54) is 10.8 Å². The van der Waals surface area contributed by atoms with Crippen molar-refractivity contribution in [2.24, 2.45) is 0 Å². The van der Waals surface area contributed by atoms with Crippen LogP contribution >= 0.6 is 0 Å². The standard InChI is InChI=1S/C29H21F6N3O5/c1-15-24(16(2)43-37-15)19-8-21-25(36-11-19)20(17-6-4-3-5-7-17)12-38(21)26-22(41-13-28(30,31)32)9-18(27(39)40)10-23(26)42-14-29(33,34)35/h3-12H,13-14H2,1-2H3,(H,39,40). The molecule has 0 amide bonds. The van der Waals surface area contributed by atoms with E-state index in [1.54, 1.807) is 56.4 Å².